The first-order chi connectivity index (χ1) is 6.19. The van der Waals surface area contributed by atoms with Gasteiger partial charge >= 0.3 is 0 Å². The number of hydrogen-bond donors (Lipinski definition) is 1. The van der Waals surface area contributed by atoms with Gasteiger partial charge in [-0.15, -0.1) is 0 Å². The molecule has 0 aliphatic rings. The van der Waals surface area contributed by atoms with Gasteiger partial charge in [-0.05, 0) is 24.1 Å². The molecule has 0 unspecified atom stereocenters. The highest BCUT2D eigenvalue weighted by Crippen LogP contribution is 2.28. The summed E-state index contributed by atoms with van der Waals surface area (Å²) in [4.78, 5) is 0. The van der Waals surface area contributed by atoms with Gasteiger partial charge in [0.05, 0.1) is 18.2 Å². The minimum absolute atomic E-state index is 0.441. The fourth-order valence-electron chi connectivity index (χ4n) is 1.13. The second-order valence-electron chi connectivity index (χ2n) is 2.82. The predicted molar refractivity (Wildman–Crippen MR) is 53.3 cm³/mol. The van der Waals surface area contributed by atoms with E-state index in [9.17, 15) is 5.11 Å². The molecule has 0 aromatic heterocycles. The summed E-state index contributed by atoms with van der Waals surface area (Å²) in [6.07, 6.45) is 0.242. The van der Waals surface area contributed by atoms with Crippen LogP contribution in [0.25, 0.3) is 0 Å². The topological polar surface area (TPSA) is 29.5 Å². The van der Waals surface area contributed by atoms with Crippen LogP contribution in [0.2, 0.25) is 5.02 Å². The first kappa shape index (κ1) is 10.4. The van der Waals surface area contributed by atoms with Crippen LogP contribution in [-0.2, 0) is 0 Å². The summed E-state index contributed by atoms with van der Waals surface area (Å²) < 4.78 is 5.00. The Kier molecular flexibility index (Phi) is 3.58. The Balaban J connectivity index is 2.95. The summed E-state index contributed by atoms with van der Waals surface area (Å²) >= 11 is 5.89. The van der Waals surface area contributed by atoms with E-state index in [4.69, 9.17) is 16.3 Å². The van der Waals surface area contributed by atoms with Crippen LogP contribution in [-0.4, -0.2) is 12.2 Å². The largest absolute Gasteiger partial charge is 0.495 e. The fraction of sp³-hybridized carbons (Fsp3) is 0.400. The van der Waals surface area contributed by atoms with E-state index in [1.807, 2.05) is 13.0 Å². The molecule has 0 amide bonds. The molecule has 0 fully saturated rings. The van der Waals surface area contributed by atoms with E-state index < -0.39 is 6.10 Å². The molecule has 0 aliphatic heterocycles. The lowest BCUT2D eigenvalue weighted by atomic mass is 10.1. The maximum Gasteiger partial charge on any atom is 0.137 e. The first-order valence-electron chi connectivity index (χ1n) is 4.20. The summed E-state index contributed by atoms with van der Waals surface area (Å²) in [5.74, 6) is 0.633. The molecular formula is C10H13ClO2. The van der Waals surface area contributed by atoms with Crippen LogP contribution < -0.4 is 4.74 Å². The van der Waals surface area contributed by atoms with Crippen LogP contribution >= 0.6 is 11.6 Å². The zero-order chi connectivity index (χ0) is 9.84. The van der Waals surface area contributed by atoms with E-state index in [1.54, 1.807) is 19.2 Å². The van der Waals surface area contributed by atoms with Gasteiger partial charge in [-0.25, -0.2) is 0 Å². The van der Waals surface area contributed by atoms with Crippen molar-refractivity contribution in [2.75, 3.05) is 7.11 Å². The first-order valence-corrected chi connectivity index (χ1v) is 4.58. The molecular weight excluding hydrogens is 188 g/mol. The highest BCUT2D eigenvalue weighted by atomic mass is 35.5. The number of rotatable bonds is 3. The van der Waals surface area contributed by atoms with E-state index in [2.05, 4.69) is 0 Å². The predicted octanol–water partition coefficient (Wildman–Crippen LogP) is 2.79. The fourth-order valence-corrected chi connectivity index (χ4v) is 1.39. The number of methoxy groups -OCH3 is 1. The third-order valence-electron chi connectivity index (χ3n) is 1.95. The van der Waals surface area contributed by atoms with Gasteiger partial charge in [-0.2, -0.15) is 0 Å². The van der Waals surface area contributed by atoms with E-state index in [0.29, 0.717) is 17.2 Å². The maximum absolute atomic E-state index is 9.52. The number of benzene rings is 1. The van der Waals surface area contributed by atoms with Gasteiger partial charge in [0.2, 0.25) is 0 Å². The van der Waals surface area contributed by atoms with Crippen molar-refractivity contribution in [1.82, 2.24) is 0 Å². The van der Waals surface area contributed by atoms with Gasteiger partial charge in [-0.1, -0.05) is 24.6 Å². The molecule has 1 N–H and O–H groups in total. The Morgan fingerprint density at radius 3 is 2.69 bits per heavy atom. The summed E-state index contributed by atoms with van der Waals surface area (Å²) in [6, 6.07) is 5.31. The summed E-state index contributed by atoms with van der Waals surface area (Å²) in [5.41, 5.74) is 0.827. The van der Waals surface area contributed by atoms with Crippen molar-refractivity contribution < 1.29 is 9.84 Å². The lowest BCUT2D eigenvalue weighted by Crippen LogP contribution is -1.95. The van der Waals surface area contributed by atoms with Crippen molar-refractivity contribution in [3.63, 3.8) is 0 Å². The van der Waals surface area contributed by atoms with E-state index in [0.717, 1.165) is 5.56 Å². The molecule has 72 valence electrons. The molecule has 1 aromatic carbocycles. The Hall–Kier alpha value is -0.730. The van der Waals surface area contributed by atoms with Crippen LogP contribution in [0.1, 0.15) is 25.0 Å². The summed E-state index contributed by atoms with van der Waals surface area (Å²) in [6.45, 7) is 1.92. The van der Waals surface area contributed by atoms with E-state index in [1.165, 1.54) is 0 Å². The van der Waals surface area contributed by atoms with E-state index in [-0.39, 0.29) is 0 Å². The number of ether oxygens (including phenoxy) is 1. The van der Waals surface area contributed by atoms with Crippen molar-refractivity contribution in [2.24, 2.45) is 0 Å². The van der Waals surface area contributed by atoms with Crippen molar-refractivity contribution in [3.8, 4) is 5.75 Å². The van der Waals surface area contributed by atoms with Gasteiger partial charge in [0.1, 0.15) is 5.75 Å². The molecule has 0 heterocycles. The van der Waals surface area contributed by atoms with Gasteiger partial charge in [-0.3, -0.25) is 0 Å². The molecule has 0 spiro atoms. The molecule has 2 nitrogen and oxygen atoms in total. The number of hydrogen-bond acceptors (Lipinski definition) is 2. The second-order valence-corrected chi connectivity index (χ2v) is 3.23. The molecule has 0 saturated carbocycles. The van der Waals surface area contributed by atoms with Crippen LogP contribution in [0.15, 0.2) is 18.2 Å². The molecule has 1 aromatic rings. The lowest BCUT2D eigenvalue weighted by Gasteiger charge is -2.10. The molecule has 13 heavy (non-hydrogen) atoms. The minimum Gasteiger partial charge on any atom is -0.495 e. The number of aliphatic hydroxyl groups is 1. The van der Waals surface area contributed by atoms with Crippen LogP contribution in [0.3, 0.4) is 0 Å². The Labute approximate surface area is 83.1 Å². The average molecular weight is 201 g/mol. The minimum atomic E-state index is -0.441. The standard InChI is InChI=1S/C10H13ClO2/c1-3-9(12)7-4-5-10(13-2)8(11)6-7/h4-6,9,12H,3H2,1-2H3/t9-/m1/s1. The van der Waals surface area contributed by atoms with Crippen LogP contribution in [0.4, 0.5) is 0 Å². The molecule has 0 bridgehead atoms. The summed E-state index contributed by atoms with van der Waals surface area (Å²) in [7, 11) is 1.57. The maximum atomic E-state index is 9.52. The molecule has 0 saturated heterocycles. The van der Waals surface area contributed by atoms with Gasteiger partial charge < -0.3 is 9.84 Å². The second kappa shape index (κ2) is 4.49. The Bertz CT molecular complexity index is 286. The van der Waals surface area contributed by atoms with Crippen LogP contribution in [0, 0.1) is 0 Å². The SMILES string of the molecule is CC[C@@H](O)c1ccc(OC)c(Cl)c1. The van der Waals surface area contributed by atoms with Crippen LogP contribution in [0.5, 0.6) is 5.75 Å². The highest BCUT2D eigenvalue weighted by Gasteiger charge is 2.07. The van der Waals surface area contributed by atoms with Gasteiger partial charge in [0.15, 0.2) is 0 Å². The molecule has 0 aliphatic carbocycles. The van der Waals surface area contributed by atoms with Crippen molar-refractivity contribution in [1.29, 1.82) is 0 Å². The quantitative estimate of drug-likeness (QED) is 0.813. The molecule has 1 rings (SSSR count). The number of aliphatic hydroxyl groups excluding tert-OH is 1. The molecule has 1 atom stereocenters. The monoisotopic (exact) mass is 200 g/mol. The van der Waals surface area contributed by atoms with Gasteiger partial charge in [0.25, 0.3) is 0 Å². The third kappa shape index (κ3) is 2.36. The van der Waals surface area contributed by atoms with Crippen molar-refractivity contribution >= 4 is 11.6 Å². The average Bonchev–Trinajstić information content (AvgIpc) is 2.16. The zero-order valence-electron chi connectivity index (χ0n) is 7.75. The smallest absolute Gasteiger partial charge is 0.137 e. The molecule has 3 heteroatoms. The summed E-state index contributed by atoms with van der Waals surface area (Å²) in [5, 5.41) is 10.1. The highest BCUT2D eigenvalue weighted by molar-refractivity contribution is 6.32. The zero-order valence-corrected chi connectivity index (χ0v) is 8.51. The van der Waals surface area contributed by atoms with Crippen molar-refractivity contribution in [2.45, 2.75) is 19.4 Å². The normalized spacial score (nSPS) is 12.6. The Morgan fingerprint density at radius 1 is 1.54 bits per heavy atom. The van der Waals surface area contributed by atoms with Gasteiger partial charge in [0, 0.05) is 0 Å². The van der Waals surface area contributed by atoms with E-state index >= 15 is 0 Å². The molecule has 0 radical (unpaired) electrons. The number of halogens is 1. The third-order valence-corrected chi connectivity index (χ3v) is 2.24. The van der Waals surface area contributed by atoms with Crippen molar-refractivity contribution in [3.05, 3.63) is 28.8 Å². The lowest BCUT2D eigenvalue weighted by molar-refractivity contribution is 0.173. The Morgan fingerprint density at radius 2 is 2.23 bits per heavy atom.